The van der Waals surface area contributed by atoms with Gasteiger partial charge in [0.05, 0.1) is 6.04 Å². The Hall–Kier alpha value is -2.31. The first-order chi connectivity index (χ1) is 13.8. The number of hydrogen-bond acceptors (Lipinski definition) is 4. The van der Waals surface area contributed by atoms with Crippen molar-refractivity contribution >= 4 is 12.2 Å². The summed E-state index contributed by atoms with van der Waals surface area (Å²) < 4.78 is 24.9. The largest absolute Gasteiger partial charge is 0.444 e. The first-order valence-electron chi connectivity index (χ1n) is 10.5. The molecule has 2 amide bonds. The number of nitrogens with one attached hydrogen (secondary N) is 1. The lowest BCUT2D eigenvalue weighted by Gasteiger charge is -2.43. The standard InChI is InChI=1S/C23H33FN2O4/c1-21(2,3)29-19(27)25-18-17-8-7-16(24)13-15(17)14-23(18)9-11-26(12-10-23)20(28)30-22(4,5)6/h7-8,13,18H,9-12,14H2,1-6H3,(H,25,27)/t18-/m1/s1. The van der Waals surface area contributed by atoms with E-state index in [0.717, 1.165) is 11.1 Å². The van der Waals surface area contributed by atoms with Gasteiger partial charge in [0.25, 0.3) is 0 Å². The fourth-order valence-electron chi connectivity index (χ4n) is 4.40. The minimum Gasteiger partial charge on any atom is -0.444 e. The molecule has 1 fully saturated rings. The second-order valence-corrected chi connectivity index (χ2v) is 10.4. The molecule has 7 heteroatoms. The van der Waals surface area contributed by atoms with Crippen molar-refractivity contribution in [1.82, 2.24) is 10.2 Å². The third kappa shape index (κ3) is 5.05. The molecule has 3 rings (SSSR count). The van der Waals surface area contributed by atoms with E-state index in [1.165, 1.54) is 6.07 Å². The van der Waals surface area contributed by atoms with Crippen LogP contribution < -0.4 is 5.32 Å². The highest BCUT2D eigenvalue weighted by molar-refractivity contribution is 5.70. The summed E-state index contributed by atoms with van der Waals surface area (Å²) >= 11 is 0. The molecule has 6 nitrogen and oxygen atoms in total. The van der Waals surface area contributed by atoms with Gasteiger partial charge in [0.1, 0.15) is 17.0 Å². The molecule has 1 N–H and O–H groups in total. The van der Waals surface area contributed by atoms with E-state index >= 15 is 0 Å². The van der Waals surface area contributed by atoms with Crippen LogP contribution in [0.5, 0.6) is 0 Å². The van der Waals surface area contributed by atoms with Gasteiger partial charge < -0.3 is 19.7 Å². The average Bonchev–Trinajstić information content (AvgIpc) is 2.84. The molecule has 1 aliphatic heterocycles. The van der Waals surface area contributed by atoms with Crippen LogP contribution in [0.1, 0.15) is 71.6 Å². The maximum absolute atomic E-state index is 13.9. The number of carbonyl (C=O) groups is 2. The Morgan fingerprint density at radius 3 is 2.23 bits per heavy atom. The zero-order chi connectivity index (χ0) is 22.3. The second kappa shape index (κ2) is 7.75. The Balaban J connectivity index is 1.79. The molecule has 166 valence electrons. The summed E-state index contributed by atoms with van der Waals surface area (Å²) in [6.07, 6.45) is 1.21. The Morgan fingerprint density at radius 1 is 1.07 bits per heavy atom. The number of amides is 2. The summed E-state index contributed by atoms with van der Waals surface area (Å²) in [6.45, 7) is 12.0. The number of likely N-dealkylation sites (tertiary alicyclic amines) is 1. The van der Waals surface area contributed by atoms with Gasteiger partial charge in [-0.25, -0.2) is 14.0 Å². The lowest BCUT2D eigenvalue weighted by molar-refractivity contribution is 0.00332. The molecule has 1 atom stereocenters. The molecule has 1 aromatic carbocycles. The molecule has 1 aromatic rings. The Bertz CT molecular complexity index is 817. The third-order valence-electron chi connectivity index (χ3n) is 5.64. The topological polar surface area (TPSA) is 67.9 Å². The van der Waals surface area contributed by atoms with Crippen molar-refractivity contribution in [2.24, 2.45) is 5.41 Å². The summed E-state index contributed by atoms with van der Waals surface area (Å²) in [4.78, 5) is 26.7. The molecule has 1 heterocycles. The van der Waals surface area contributed by atoms with Crippen LogP contribution in [0.25, 0.3) is 0 Å². The number of halogens is 1. The van der Waals surface area contributed by atoms with Gasteiger partial charge in [0.15, 0.2) is 0 Å². The van der Waals surface area contributed by atoms with E-state index in [4.69, 9.17) is 9.47 Å². The summed E-state index contributed by atoms with van der Waals surface area (Å²) in [6, 6.07) is 4.44. The molecule has 1 saturated heterocycles. The fraction of sp³-hybridized carbons (Fsp3) is 0.652. The van der Waals surface area contributed by atoms with Crippen LogP contribution >= 0.6 is 0 Å². The molecule has 0 unspecified atom stereocenters. The van der Waals surface area contributed by atoms with Crippen molar-refractivity contribution in [3.8, 4) is 0 Å². The van der Waals surface area contributed by atoms with Gasteiger partial charge in [-0.05, 0) is 84.1 Å². The van der Waals surface area contributed by atoms with Crippen molar-refractivity contribution in [3.63, 3.8) is 0 Å². The Kier molecular flexibility index (Phi) is 5.78. The van der Waals surface area contributed by atoms with Crippen molar-refractivity contribution < 1.29 is 23.5 Å². The van der Waals surface area contributed by atoms with E-state index in [0.29, 0.717) is 32.4 Å². The number of nitrogens with zero attached hydrogens (tertiary/aromatic N) is 1. The predicted octanol–water partition coefficient (Wildman–Crippen LogP) is 4.96. The van der Waals surface area contributed by atoms with E-state index in [1.807, 2.05) is 41.5 Å². The van der Waals surface area contributed by atoms with E-state index in [9.17, 15) is 14.0 Å². The highest BCUT2D eigenvalue weighted by Crippen LogP contribution is 2.52. The first kappa shape index (κ1) is 22.4. The van der Waals surface area contributed by atoms with Gasteiger partial charge in [-0.3, -0.25) is 0 Å². The third-order valence-corrected chi connectivity index (χ3v) is 5.64. The SMILES string of the molecule is CC(C)(C)OC(=O)N[C@@H]1c2ccc(F)cc2CC12CCN(C(=O)OC(C)(C)C)CC2. The fourth-order valence-corrected chi connectivity index (χ4v) is 4.40. The smallest absolute Gasteiger partial charge is 0.410 e. The van der Waals surface area contributed by atoms with Crippen LogP contribution in [0.2, 0.25) is 0 Å². The van der Waals surface area contributed by atoms with Gasteiger partial charge in [0.2, 0.25) is 0 Å². The molecule has 0 saturated carbocycles. The lowest BCUT2D eigenvalue weighted by Crippen LogP contribution is -2.49. The van der Waals surface area contributed by atoms with Crippen molar-refractivity contribution in [3.05, 3.63) is 35.1 Å². The Morgan fingerprint density at radius 2 is 1.67 bits per heavy atom. The van der Waals surface area contributed by atoms with Gasteiger partial charge in [-0.2, -0.15) is 0 Å². The summed E-state index contributed by atoms with van der Waals surface area (Å²) in [5.41, 5.74) is 0.385. The van der Waals surface area contributed by atoms with Crippen LogP contribution in [0, 0.1) is 11.2 Å². The number of hydrogen-bond donors (Lipinski definition) is 1. The predicted molar refractivity (Wildman–Crippen MR) is 112 cm³/mol. The van der Waals surface area contributed by atoms with Crippen LogP contribution in [0.4, 0.5) is 14.0 Å². The van der Waals surface area contributed by atoms with E-state index < -0.39 is 17.3 Å². The molecular weight excluding hydrogens is 387 g/mol. The van der Waals surface area contributed by atoms with Crippen LogP contribution in [0.3, 0.4) is 0 Å². The normalized spacial score (nSPS) is 20.6. The lowest BCUT2D eigenvalue weighted by atomic mass is 9.73. The zero-order valence-electron chi connectivity index (χ0n) is 18.8. The molecule has 2 aliphatic rings. The highest BCUT2D eigenvalue weighted by atomic mass is 19.1. The van der Waals surface area contributed by atoms with Crippen molar-refractivity contribution in [2.75, 3.05) is 13.1 Å². The molecule has 0 bridgehead atoms. The van der Waals surface area contributed by atoms with Crippen molar-refractivity contribution in [1.29, 1.82) is 0 Å². The number of alkyl carbamates (subject to hydrolysis) is 1. The molecule has 1 spiro atoms. The maximum atomic E-state index is 13.9. The quantitative estimate of drug-likeness (QED) is 0.697. The number of benzene rings is 1. The summed E-state index contributed by atoms with van der Waals surface area (Å²) in [5, 5.41) is 3.04. The zero-order valence-corrected chi connectivity index (χ0v) is 18.8. The minimum atomic E-state index is -0.610. The minimum absolute atomic E-state index is 0.284. The number of carbonyl (C=O) groups excluding carboxylic acids is 2. The maximum Gasteiger partial charge on any atom is 0.410 e. The number of fused-ring (bicyclic) bond motifs is 1. The molecule has 0 aromatic heterocycles. The monoisotopic (exact) mass is 420 g/mol. The average molecular weight is 421 g/mol. The summed E-state index contributed by atoms with van der Waals surface area (Å²) in [5.74, 6) is -0.284. The van der Waals surface area contributed by atoms with Gasteiger partial charge in [-0.1, -0.05) is 6.07 Å². The van der Waals surface area contributed by atoms with Crippen LogP contribution in [0.15, 0.2) is 18.2 Å². The number of piperidine rings is 1. The van der Waals surface area contributed by atoms with Gasteiger partial charge >= 0.3 is 12.2 Å². The first-order valence-corrected chi connectivity index (χ1v) is 10.5. The Labute approximate surface area is 178 Å². The molecule has 30 heavy (non-hydrogen) atoms. The van der Waals surface area contributed by atoms with E-state index in [1.54, 1.807) is 17.0 Å². The van der Waals surface area contributed by atoms with E-state index in [-0.39, 0.29) is 23.4 Å². The second-order valence-electron chi connectivity index (χ2n) is 10.4. The number of ether oxygens (including phenoxy) is 2. The number of rotatable bonds is 1. The van der Waals surface area contributed by atoms with Crippen LogP contribution in [-0.2, 0) is 15.9 Å². The van der Waals surface area contributed by atoms with Gasteiger partial charge in [-0.15, -0.1) is 0 Å². The van der Waals surface area contributed by atoms with Crippen molar-refractivity contribution in [2.45, 2.75) is 78.0 Å². The highest BCUT2D eigenvalue weighted by Gasteiger charge is 2.49. The molecule has 1 aliphatic carbocycles. The summed E-state index contributed by atoms with van der Waals surface area (Å²) in [7, 11) is 0. The van der Waals surface area contributed by atoms with Crippen LogP contribution in [-0.4, -0.2) is 41.4 Å². The van der Waals surface area contributed by atoms with E-state index in [2.05, 4.69) is 5.32 Å². The molecular formula is C23H33FN2O4. The molecule has 0 radical (unpaired) electrons. The van der Waals surface area contributed by atoms with Gasteiger partial charge in [0, 0.05) is 18.5 Å².